The van der Waals surface area contributed by atoms with Gasteiger partial charge >= 0.3 is 5.97 Å². The molecule has 0 aliphatic carbocycles. The van der Waals surface area contributed by atoms with E-state index in [9.17, 15) is 4.79 Å². The van der Waals surface area contributed by atoms with Crippen molar-refractivity contribution in [3.63, 3.8) is 0 Å². The van der Waals surface area contributed by atoms with E-state index < -0.39 is 0 Å². The smallest absolute Gasteiger partial charge is 0.323 e. The number of ether oxygens (including phenoxy) is 1. The zero-order valence-electron chi connectivity index (χ0n) is 12.0. The van der Waals surface area contributed by atoms with Gasteiger partial charge in [-0.1, -0.05) is 67.6 Å². The first-order valence-corrected chi connectivity index (χ1v) is 7.36. The van der Waals surface area contributed by atoms with Gasteiger partial charge in [0.15, 0.2) is 0 Å². The van der Waals surface area contributed by atoms with Gasteiger partial charge < -0.3 is 4.74 Å². The van der Waals surface area contributed by atoms with Gasteiger partial charge in [0.1, 0.15) is 12.1 Å². The predicted octanol–water partition coefficient (Wildman–Crippen LogP) is 3.39. The van der Waals surface area contributed by atoms with Crippen LogP contribution < -0.4 is 5.32 Å². The lowest BCUT2D eigenvalue weighted by atomic mass is 9.93. The second kappa shape index (κ2) is 6.10. The molecule has 0 aromatic heterocycles. The van der Waals surface area contributed by atoms with E-state index in [4.69, 9.17) is 4.74 Å². The molecule has 3 nitrogen and oxygen atoms in total. The van der Waals surface area contributed by atoms with Gasteiger partial charge in [-0.15, -0.1) is 0 Å². The number of hydrogen-bond acceptors (Lipinski definition) is 3. The molecule has 1 aliphatic rings. The van der Waals surface area contributed by atoms with E-state index in [0.29, 0.717) is 0 Å². The lowest BCUT2D eigenvalue weighted by molar-refractivity contribution is -0.161. The van der Waals surface area contributed by atoms with Gasteiger partial charge in [0.25, 0.3) is 0 Å². The van der Waals surface area contributed by atoms with Crippen LogP contribution in [0.5, 0.6) is 0 Å². The molecule has 108 valence electrons. The number of carbonyl (C=O) groups is 1. The number of hydrogen-bond donors (Lipinski definition) is 1. The van der Waals surface area contributed by atoms with Gasteiger partial charge in [-0.3, -0.25) is 10.1 Å². The third kappa shape index (κ3) is 2.83. The van der Waals surface area contributed by atoms with Gasteiger partial charge in [-0.05, 0) is 17.5 Å². The molecule has 0 bridgehead atoms. The number of nitrogens with one attached hydrogen (secondary N) is 1. The molecule has 0 spiro atoms. The van der Waals surface area contributed by atoms with E-state index in [2.05, 4.69) is 17.4 Å². The summed E-state index contributed by atoms with van der Waals surface area (Å²) in [6.07, 6.45) is 0.438. The fourth-order valence-corrected chi connectivity index (χ4v) is 2.77. The van der Waals surface area contributed by atoms with Crippen molar-refractivity contribution >= 4 is 5.97 Å². The largest absolute Gasteiger partial charge is 0.454 e. The topological polar surface area (TPSA) is 38.3 Å². The average Bonchev–Trinajstić information content (AvgIpc) is 2.56. The maximum Gasteiger partial charge on any atom is 0.323 e. The first kappa shape index (κ1) is 13.8. The van der Waals surface area contributed by atoms with Crippen molar-refractivity contribution < 1.29 is 9.53 Å². The molecule has 1 heterocycles. The summed E-state index contributed by atoms with van der Waals surface area (Å²) in [5.74, 6) is -0.168. The van der Waals surface area contributed by atoms with Crippen LogP contribution in [0.3, 0.4) is 0 Å². The molecule has 0 saturated carbocycles. The summed E-state index contributed by atoms with van der Waals surface area (Å²) in [7, 11) is 0. The van der Waals surface area contributed by atoms with Crippen molar-refractivity contribution in [2.75, 3.05) is 0 Å². The Morgan fingerprint density at radius 1 is 0.952 bits per heavy atom. The second-order valence-electron chi connectivity index (χ2n) is 5.28. The first-order valence-electron chi connectivity index (χ1n) is 7.36. The van der Waals surface area contributed by atoms with E-state index >= 15 is 0 Å². The summed E-state index contributed by atoms with van der Waals surface area (Å²) in [5, 5.41) is 3.44. The SMILES string of the molecule is CC[C@H]1N[C@H](c2ccccc2)[C@H](c2ccccc2)OC1=O. The van der Waals surface area contributed by atoms with Crippen LogP contribution in [-0.2, 0) is 9.53 Å². The molecule has 1 saturated heterocycles. The molecule has 0 unspecified atom stereocenters. The molecule has 2 aromatic carbocycles. The highest BCUT2D eigenvalue weighted by Crippen LogP contribution is 2.36. The summed E-state index contributed by atoms with van der Waals surface area (Å²) in [6, 6.07) is 19.8. The number of cyclic esters (lactones) is 1. The number of benzene rings is 2. The Balaban J connectivity index is 1.97. The Labute approximate surface area is 124 Å². The van der Waals surface area contributed by atoms with Gasteiger partial charge in [-0.2, -0.15) is 0 Å². The monoisotopic (exact) mass is 281 g/mol. The molecule has 1 fully saturated rings. The lowest BCUT2D eigenvalue weighted by Gasteiger charge is -2.37. The van der Waals surface area contributed by atoms with Gasteiger partial charge in [0, 0.05) is 0 Å². The summed E-state index contributed by atoms with van der Waals surface area (Å²) < 4.78 is 5.74. The highest BCUT2D eigenvalue weighted by Gasteiger charge is 2.37. The van der Waals surface area contributed by atoms with Crippen LogP contribution in [0.2, 0.25) is 0 Å². The van der Waals surface area contributed by atoms with Crippen LogP contribution in [0.25, 0.3) is 0 Å². The predicted molar refractivity (Wildman–Crippen MR) is 81.7 cm³/mol. The maximum atomic E-state index is 12.1. The van der Waals surface area contributed by atoms with Gasteiger partial charge in [0.05, 0.1) is 6.04 Å². The second-order valence-corrected chi connectivity index (χ2v) is 5.28. The van der Waals surface area contributed by atoms with E-state index in [-0.39, 0.29) is 24.2 Å². The van der Waals surface area contributed by atoms with Crippen LogP contribution in [0.1, 0.15) is 36.6 Å². The minimum atomic E-state index is -0.288. The Morgan fingerprint density at radius 3 is 2.10 bits per heavy atom. The molecular weight excluding hydrogens is 262 g/mol. The Hall–Kier alpha value is -2.13. The summed E-state index contributed by atoms with van der Waals surface area (Å²) in [6.45, 7) is 1.99. The molecular formula is C18H19NO2. The van der Waals surface area contributed by atoms with E-state index in [0.717, 1.165) is 17.5 Å². The normalized spacial score (nSPS) is 25.4. The molecule has 21 heavy (non-hydrogen) atoms. The van der Waals surface area contributed by atoms with Crippen LogP contribution >= 0.6 is 0 Å². The van der Waals surface area contributed by atoms with Crippen molar-refractivity contribution in [3.8, 4) is 0 Å². The summed E-state index contributed by atoms with van der Waals surface area (Å²) in [5.41, 5.74) is 2.15. The number of carbonyl (C=O) groups excluding carboxylic acids is 1. The van der Waals surface area contributed by atoms with E-state index in [1.54, 1.807) is 0 Å². The highest BCUT2D eigenvalue weighted by molar-refractivity contribution is 5.77. The van der Waals surface area contributed by atoms with Crippen molar-refractivity contribution in [1.29, 1.82) is 0 Å². The van der Waals surface area contributed by atoms with Crippen LogP contribution in [-0.4, -0.2) is 12.0 Å². The fraction of sp³-hybridized carbons (Fsp3) is 0.278. The molecule has 3 atom stereocenters. The van der Waals surface area contributed by atoms with E-state index in [1.807, 2.05) is 55.5 Å². The van der Waals surface area contributed by atoms with Crippen molar-refractivity contribution in [2.45, 2.75) is 31.5 Å². The Kier molecular flexibility index (Phi) is 4.02. The number of esters is 1. The highest BCUT2D eigenvalue weighted by atomic mass is 16.5. The standard InChI is InChI=1S/C18H19NO2/c1-2-15-18(20)21-17(14-11-7-4-8-12-14)16(19-15)13-9-5-3-6-10-13/h3-12,15-17,19H,2H2,1H3/t15-,16-,17+/m1/s1. The van der Waals surface area contributed by atoms with E-state index in [1.165, 1.54) is 0 Å². The molecule has 0 radical (unpaired) electrons. The zero-order chi connectivity index (χ0) is 14.7. The van der Waals surface area contributed by atoms with Crippen LogP contribution in [0.15, 0.2) is 60.7 Å². The Bertz CT molecular complexity index is 597. The van der Waals surface area contributed by atoms with Crippen LogP contribution in [0, 0.1) is 0 Å². The quantitative estimate of drug-likeness (QED) is 0.876. The third-order valence-corrected chi connectivity index (χ3v) is 3.91. The maximum absolute atomic E-state index is 12.1. The average molecular weight is 281 g/mol. The molecule has 1 aliphatic heterocycles. The first-order chi connectivity index (χ1) is 10.3. The summed E-state index contributed by atoms with van der Waals surface area (Å²) in [4.78, 5) is 12.1. The fourth-order valence-electron chi connectivity index (χ4n) is 2.77. The molecule has 2 aromatic rings. The van der Waals surface area contributed by atoms with Gasteiger partial charge in [0.2, 0.25) is 0 Å². The minimum Gasteiger partial charge on any atom is -0.454 e. The molecule has 3 rings (SSSR count). The van der Waals surface area contributed by atoms with Crippen LogP contribution in [0.4, 0.5) is 0 Å². The van der Waals surface area contributed by atoms with Crippen molar-refractivity contribution in [1.82, 2.24) is 5.32 Å². The van der Waals surface area contributed by atoms with Gasteiger partial charge in [-0.25, -0.2) is 0 Å². The Morgan fingerprint density at radius 2 is 1.52 bits per heavy atom. The number of morpholine rings is 1. The number of rotatable bonds is 3. The van der Waals surface area contributed by atoms with Crippen molar-refractivity contribution in [3.05, 3.63) is 71.8 Å². The zero-order valence-corrected chi connectivity index (χ0v) is 12.0. The molecule has 1 N–H and O–H groups in total. The summed E-state index contributed by atoms with van der Waals surface area (Å²) >= 11 is 0. The van der Waals surface area contributed by atoms with Crippen molar-refractivity contribution in [2.24, 2.45) is 0 Å². The molecule has 3 heteroatoms. The lowest BCUT2D eigenvalue weighted by Crippen LogP contribution is -2.48. The third-order valence-electron chi connectivity index (χ3n) is 3.91. The minimum absolute atomic E-state index is 0.0174. The molecule has 0 amide bonds.